The Morgan fingerprint density at radius 2 is 1.78 bits per heavy atom. The number of halogens is 2. The number of nitrogens with zero attached hydrogens (tertiary/aromatic N) is 1. The van der Waals surface area contributed by atoms with Crippen molar-refractivity contribution in [2.24, 2.45) is 0 Å². The Kier molecular flexibility index (Phi) is 3.91. The lowest BCUT2D eigenvalue weighted by atomic mass is 10.0. The first-order chi connectivity index (χ1) is 12.9. The van der Waals surface area contributed by atoms with Crippen LogP contribution >= 0.6 is 0 Å². The molecule has 2 aromatic rings. The Labute approximate surface area is 153 Å². The van der Waals surface area contributed by atoms with Crippen molar-refractivity contribution in [3.8, 4) is 0 Å². The second-order valence-corrected chi connectivity index (χ2v) is 6.65. The molecule has 0 radical (unpaired) electrons. The fraction of sp³-hybridized carbons (Fsp3) is 0.211. The van der Waals surface area contributed by atoms with Crippen molar-refractivity contribution < 1.29 is 23.2 Å². The average Bonchev–Trinajstić information content (AvgIpc) is 3.34. The normalized spacial score (nSPS) is 17.6. The van der Waals surface area contributed by atoms with Crippen LogP contribution in [0.4, 0.5) is 19.3 Å². The van der Waals surface area contributed by atoms with Crippen LogP contribution in [-0.4, -0.2) is 24.4 Å². The summed E-state index contributed by atoms with van der Waals surface area (Å²) in [6, 6.07) is 8.80. The third kappa shape index (κ3) is 3.14. The summed E-state index contributed by atoms with van der Waals surface area (Å²) in [5.41, 5.74) is 0.0307. The van der Waals surface area contributed by atoms with Crippen LogP contribution in [0.15, 0.2) is 42.5 Å². The molecule has 6 nitrogen and oxygen atoms in total. The molecule has 138 valence electrons. The van der Waals surface area contributed by atoms with E-state index >= 15 is 0 Å². The summed E-state index contributed by atoms with van der Waals surface area (Å²) in [6.45, 7) is -0.0770. The molecular formula is C19H15F2N3O3. The number of rotatable bonds is 4. The van der Waals surface area contributed by atoms with Gasteiger partial charge in [-0.1, -0.05) is 0 Å². The van der Waals surface area contributed by atoms with E-state index in [1.807, 2.05) is 0 Å². The van der Waals surface area contributed by atoms with Crippen molar-refractivity contribution in [1.82, 2.24) is 10.6 Å². The Hall–Kier alpha value is -3.29. The average molecular weight is 371 g/mol. The molecule has 0 bridgehead atoms. The summed E-state index contributed by atoms with van der Waals surface area (Å²) in [6.07, 6.45) is 1.04. The summed E-state index contributed by atoms with van der Waals surface area (Å²) in [5, 5.41) is 4.95. The number of nitrogens with one attached hydrogen (secondary N) is 2. The van der Waals surface area contributed by atoms with Gasteiger partial charge in [0.1, 0.15) is 18.2 Å². The Morgan fingerprint density at radius 3 is 2.37 bits per heavy atom. The topological polar surface area (TPSA) is 78.5 Å². The molecule has 27 heavy (non-hydrogen) atoms. The van der Waals surface area contributed by atoms with Crippen LogP contribution in [0, 0.1) is 11.6 Å². The molecular weight excluding hydrogens is 356 g/mol. The van der Waals surface area contributed by atoms with Gasteiger partial charge in [0.15, 0.2) is 0 Å². The van der Waals surface area contributed by atoms with E-state index in [9.17, 15) is 23.2 Å². The van der Waals surface area contributed by atoms with Gasteiger partial charge >= 0.3 is 6.03 Å². The van der Waals surface area contributed by atoms with Crippen LogP contribution in [0.5, 0.6) is 0 Å². The Bertz CT molecular complexity index is 955. The highest BCUT2D eigenvalue weighted by Gasteiger charge is 2.47. The first kappa shape index (κ1) is 17.1. The zero-order valence-electron chi connectivity index (χ0n) is 14.1. The lowest BCUT2D eigenvalue weighted by molar-refractivity contribution is -0.117. The van der Waals surface area contributed by atoms with Gasteiger partial charge in [-0.15, -0.1) is 0 Å². The summed E-state index contributed by atoms with van der Waals surface area (Å²) in [5.74, 6) is -1.94. The standard InChI is InChI=1S/C19H15F2N3O3/c20-12-3-6-15(21)14(9-12)19(7-8-19)23-17(26)11-1-4-13(5-2-11)24-10-16(25)22-18(24)27/h1-6,9H,7-8,10H2,(H,23,26)(H,22,25,27). The third-order valence-corrected chi connectivity index (χ3v) is 4.78. The van der Waals surface area contributed by atoms with Crippen molar-refractivity contribution in [1.29, 1.82) is 0 Å². The van der Waals surface area contributed by atoms with Crippen LogP contribution < -0.4 is 15.5 Å². The van der Waals surface area contributed by atoms with Crippen molar-refractivity contribution >= 4 is 23.5 Å². The molecule has 0 aromatic heterocycles. The number of anilines is 1. The van der Waals surface area contributed by atoms with E-state index in [1.54, 1.807) is 12.1 Å². The van der Waals surface area contributed by atoms with Gasteiger partial charge in [-0.2, -0.15) is 0 Å². The number of urea groups is 1. The van der Waals surface area contributed by atoms with Crippen LogP contribution in [0.1, 0.15) is 28.8 Å². The Morgan fingerprint density at radius 1 is 1.07 bits per heavy atom. The van der Waals surface area contributed by atoms with E-state index in [1.165, 1.54) is 17.0 Å². The first-order valence-electron chi connectivity index (χ1n) is 8.37. The second-order valence-electron chi connectivity index (χ2n) is 6.65. The van der Waals surface area contributed by atoms with Crippen molar-refractivity contribution in [3.05, 3.63) is 65.2 Å². The number of benzene rings is 2. The first-order valence-corrected chi connectivity index (χ1v) is 8.37. The third-order valence-electron chi connectivity index (χ3n) is 4.78. The molecule has 4 rings (SSSR count). The number of hydrogen-bond acceptors (Lipinski definition) is 3. The molecule has 0 atom stereocenters. The van der Waals surface area contributed by atoms with Gasteiger partial charge in [-0.25, -0.2) is 13.6 Å². The fourth-order valence-electron chi connectivity index (χ4n) is 3.18. The monoisotopic (exact) mass is 371 g/mol. The zero-order valence-corrected chi connectivity index (χ0v) is 14.1. The largest absolute Gasteiger partial charge is 0.342 e. The van der Waals surface area contributed by atoms with Crippen molar-refractivity contribution in [3.63, 3.8) is 0 Å². The van der Waals surface area contributed by atoms with Gasteiger partial charge in [-0.3, -0.25) is 19.8 Å². The van der Waals surface area contributed by atoms with Gasteiger partial charge in [0, 0.05) is 16.8 Å². The molecule has 0 unspecified atom stereocenters. The lowest BCUT2D eigenvalue weighted by Gasteiger charge is -2.19. The number of carbonyl (C=O) groups excluding carboxylic acids is 3. The highest BCUT2D eigenvalue weighted by molar-refractivity contribution is 6.12. The minimum atomic E-state index is -0.900. The second kappa shape index (κ2) is 6.15. The number of imide groups is 1. The van der Waals surface area contributed by atoms with E-state index in [4.69, 9.17) is 0 Å². The summed E-state index contributed by atoms with van der Waals surface area (Å²) < 4.78 is 27.5. The quantitative estimate of drug-likeness (QED) is 0.811. The molecule has 1 saturated heterocycles. The molecule has 4 amide bonds. The van der Waals surface area contributed by atoms with Gasteiger partial charge in [0.05, 0.1) is 5.54 Å². The van der Waals surface area contributed by atoms with E-state index in [2.05, 4.69) is 10.6 Å². The van der Waals surface area contributed by atoms with Gasteiger partial charge in [-0.05, 0) is 55.3 Å². The molecule has 2 aliphatic rings. The van der Waals surface area contributed by atoms with E-state index < -0.39 is 35.0 Å². The number of amides is 4. The number of hydrogen-bond donors (Lipinski definition) is 2. The van der Waals surface area contributed by atoms with Gasteiger partial charge < -0.3 is 5.32 Å². The predicted molar refractivity (Wildman–Crippen MR) is 92.1 cm³/mol. The predicted octanol–water partition coefficient (Wildman–Crippen LogP) is 2.44. The smallest absolute Gasteiger partial charge is 0.329 e. The fourth-order valence-corrected chi connectivity index (χ4v) is 3.18. The molecule has 1 heterocycles. The molecule has 2 aromatic carbocycles. The van der Waals surface area contributed by atoms with Gasteiger partial charge in [0.25, 0.3) is 5.91 Å². The van der Waals surface area contributed by atoms with E-state index in [-0.39, 0.29) is 12.1 Å². The van der Waals surface area contributed by atoms with Crippen LogP contribution in [-0.2, 0) is 10.3 Å². The molecule has 1 aliphatic carbocycles. The maximum Gasteiger partial charge on any atom is 0.329 e. The minimum Gasteiger partial charge on any atom is -0.342 e. The molecule has 2 fully saturated rings. The van der Waals surface area contributed by atoms with Crippen molar-refractivity contribution in [2.75, 3.05) is 11.4 Å². The summed E-state index contributed by atoms with van der Waals surface area (Å²) in [4.78, 5) is 36.7. The molecule has 2 N–H and O–H groups in total. The van der Waals surface area contributed by atoms with Gasteiger partial charge in [0.2, 0.25) is 5.91 Å². The van der Waals surface area contributed by atoms with Crippen molar-refractivity contribution in [2.45, 2.75) is 18.4 Å². The molecule has 8 heteroatoms. The van der Waals surface area contributed by atoms with Crippen LogP contribution in [0.2, 0.25) is 0 Å². The molecule has 1 aliphatic heterocycles. The van der Waals surface area contributed by atoms with E-state index in [0.29, 0.717) is 24.1 Å². The van der Waals surface area contributed by atoms with Crippen LogP contribution in [0.3, 0.4) is 0 Å². The maximum absolute atomic E-state index is 14.1. The molecule has 1 saturated carbocycles. The lowest BCUT2D eigenvalue weighted by Crippen LogP contribution is -2.35. The number of carbonyl (C=O) groups is 3. The maximum atomic E-state index is 14.1. The summed E-state index contributed by atoms with van der Waals surface area (Å²) >= 11 is 0. The Balaban J connectivity index is 1.51. The van der Waals surface area contributed by atoms with E-state index in [0.717, 1.165) is 18.2 Å². The highest BCUT2D eigenvalue weighted by Crippen LogP contribution is 2.46. The minimum absolute atomic E-state index is 0.0770. The zero-order chi connectivity index (χ0) is 19.2. The van der Waals surface area contributed by atoms with Crippen LogP contribution in [0.25, 0.3) is 0 Å². The molecule has 0 spiro atoms. The highest BCUT2D eigenvalue weighted by atomic mass is 19.1. The SMILES string of the molecule is O=C1CN(c2ccc(C(=O)NC3(c4cc(F)ccc4F)CC3)cc2)C(=O)N1. The summed E-state index contributed by atoms with van der Waals surface area (Å²) in [7, 11) is 0.